The van der Waals surface area contributed by atoms with Crippen LogP contribution in [-0.2, 0) is 4.79 Å². The fourth-order valence-electron chi connectivity index (χ4n) is 2.13. The summed E-state index contributed by atoms with van der Waals surface area (Å²) in [7, 11) is 0. The first-order chi connectivity index (χ1) is 8.49. The zero-order valence-electron chi connectivity index (χ0n) is 9.52. The number of benzene rings is 1. The van der Waals surface area contributed by atoms with Crippen molar-refractivity contribution in [2.45, 2.75) is 18.6 Å². The van der Waals surface area contributed by atoms with Gasteiger partial charge in [0.25, 0.3) is 5.69 Å². The Labute approximate surface area is 103 Å². The molecular formula is C11H13N3O4. The van der Waals surface area contributed by atoms with Crippen LogP contribution in [0.25, 0.3) is 0 Å². The Bertz CT molecular complexity index is 474. The third kappa shape index (κ3) is 2.25. The highest BCUT2D eigenvalue weighted by Gasteiger charge is 2.34. The maximum absolute atomic E-state index is 11.3. The maximum Gasteiger partial charge on any atom is 0.269 e. The van der Waals surface area contributed by atoms with Gasteiger partial charge in [-0.15, -0.1) is 0 Å². The second-order valence-electron chi connectivity index (χ2n) is 4.23. The largest absolute Gasteiger partial charge is 0.391 e. The second kappa shape index (κ2) is 4.61. The zero-order chi connectivity index (χ0) is 13.3. The molecule has 1 fully saturated rings. The summed E-state index contributed by atoms with van der Waals surface area (Å²) >= 11 is 0. The van der Waals surface area contributed by atoms with Gasteiger partial charge in [0.2, 0.25) is 5.91 Å². The van der Waals surface area contributed by atoms with Crippen LogP contribution in [0.4, 0.5) is 11.4 Å². The van der Waals surface area contributed by atoms with Gasteiger partial charge in [-0.25, -0.2) is 0 Å². The molecule has 2 atom stereocenters. The minimum Gasteiger partial charge on any atom is -0.391 e. The van der Waals surface area contributed by atoms with Crippen LogP contribution in [0.5, 0.6) is 0 Å². The molecule has 0 spiro atoms. The lowest BCUT2D eigenvalue weighted by atomic mass is 10.2. The molecule has 0 bridgehead atoms. The van der Waals surface area contributed by atoms with Crippen LogP contribution in [0.15, 0.2) is 24.3 Å². The molecular weight excluding hydrogens is 238 g/mol. The van der Waals surface area contributed by atoms with Gasteiger partial charge in [-0.2, -0.15) is 0 Å². The van der Waals surface area contributed by atoms with Crippen LogP contribution < -0.4 is 10.6 Å². The first-order valence-corrected chi connectivity index (χ1v) is 5.47. The van der Waals surface area contributed by atoms with Gasteiger partial charge in [0.1, 0.15) is 6.04 Å². The number of carbonyl (C=O) groups excluding carboxylic acids is 1. The van der Waals surface area contributed by atoms with Crippen molar-refractivity contribution in [3.63, 3.8) is 0 Å². The lowest BCUT2D eigenvalue weighted by Gasteiger charge is -2.23. The predicted molar refractivity (Wildman–Crippen MR) is 64.0 cm³/mol. The molecule has 7 nitrogen and oxygen atoms in total. The summed E-state index contributed by atoms with van der Waals surface area (Å²) < 4.78 is 0. The van der Waals surface area contributed by atoms with E-state index in [9.17, 15) is 20.0 Å². The monoisotopic (exact) mass is 251 g/mol. The smallest absolute Gasteiger partial charge is 0.269 e. The molecule has 2 unspecified atom stereocenters. The number of nitrogens with two attached hydrogens (primary N) is 1. The highest BCUT2D eigenvalue weighted by Crippen LogP contribution is 2.27. The molecule has 0 aromatic heterocycles. The lowest BCUT2D eigenvalue weighted by Crippen LogP contribution is -2.40. The molecule has 0 saturated carbocycles. The van der Waals surface area contributed by atoms with E-state index in [1.807, 2.05) is 0 Å². The number of anilines is 1. The summed E-state index contributed by atoms with van der Waals surface area (Å²) in [5.74, 6) is -0.509. The van der Waals surface area contributed by atoms with Crippen LogP contribution in [0, 0.1) is 10.1 Å². The molecule has 1 saturated heterocycles. The fourth-order valence-corrected chi connectivity index (χ4v) is 2.13. The third-order valence-electron chi connectivity index (χ3n) is 3.00. The molecule has 96 valence electrons. The van der Waals surface area contributed by atoms with E-state index < -0.39 is 23.0 Å². The number of β-amino-alcohol motifs (C(OH)–C–C–N with tert-alkyl or cyclic N) is 1. The van der Waals surface area contributed by atoms with Gasteiger partial charge in [-0.05, 0) is 12.1 Å². The number of aliphatic hydroxyl groups is 1. The average Bonchev–Trinajstić information content (AvgIpc) is 2.71. The van der Waals surface area contributed by atoms with E-state index >= 15 is 0 Å². The fraction of sp³-hybridized carbons (Fsp3) is 0.364. The van der Waals surface area contributed by atoms with Gasteiger partial charge in [0.15, 0.2) is 0 Å². The quantitative estimate of drug-likeness (QED) is 0.581. The number of nitro groups is 1. The van der Waals surface area contributed by atoms with Gasteiger partial charge in [-0.3, -0.25) is 14.9 Å². The first-order valence-electron chi connectivity index (χ1n) is 5.47. The van der Waals surface area contributed by atoms with Crippen molar-refractivity contribution in [1.82, 2.24) is 0 Å². The number of hydrogen-bond donors (Lipinski definition) is 2. The Morgan fingerprint density at radius 2 is 2.06 bits per heavy atom. The molecule has 1 heterocycles. The van der Waals surface area contributed by atoms with E-state index in [-0.39, 0.29) is 12.1 Å². The summed E-state index contributed by atoms with van der Waals surface area (Å²) in [4.78, 5) is 23.0. The molecule has 2 rings (SSSR count). The molecule has 1 aliphatic heterocycles. The van der Waals surface area contributed by atoms with Crippen molar-refractivity contribution in [3.05, 3.63) is 34.4 Å². The van der Waals surface area contributed by atoms with Crippen molar-refractivity contribution < 1.29 is 14.8 Å². The standard InChI is InChI=1S/C11H13N3O4/c12-11(16)10-5-9(15)6-13(10)7-1-3-8(4-2-7)14(17)18/h1-4,9-10,15H,5-6H2,(H2,12,16). The van der Waals surface area contributed by atoms with Gasteiger partial charge in [-0.1, -0.05) is 0 Å². The number of aliphatic hydroxyl groups excluding tert-OH is 1. The van der Waals surface area contributed by atoms with Crippen LogP contribution in [0.2, 0.25) is 0 Å². The number of non-ortho nitro benzene ring substituents is 1. The molecule has 1 aliphatic rings. The van der Waals surface area contributed by atoms with E-state index in [1.54, 1.807) is 17.0 Å². The first kappa shape index (κ1) is 12.3. The number of amides is 1. The number of hydrogen-bond acceptors (Lipinski definition) is 5. The minimum absolute atomic E-state index is 0.0193. The van der Waals surface area contributed by atoms with Crippen molar-refractivity contribution in [3.8, 4) is 0 Å². The molecule has 0 aliphatic carbocycles. The zero-order valence-corrected chi connectivity index (χ0v) is 9.52. The highest BCUT2D eigenvalue weighted by molar-refractivity contribution is 5.84. The average molecular weight is 251 g/mol. The SMILES string of the molecule is NC(=O)C1CC(O)CN1c1ccc([N+](=O)[O-])cc1. The normalized spacial score (nSPS) is 23.1. The van der Waals surface area contributed by atoms with Crippen LogP contribution in [0.3, 0.4) is 0 Å². The molecule has 3 N–H and O–H groups in total. The molecule has 0 radical (unpaired) electrons. The summed E-state index contributed by atoms with van der Waals surface area (Å²) in [5.41, 5.74) is 5.89. The van der Waals surface area contributed by atoms with Crippen molar-refractivity contribution >= 4 is 17.3 Å². The molecule has 1 aromatic rings. The summed E-state index contributed by atoms with van der Waals surface area (Å²) in [5, 5.41) is 20.1. The topological polar surface area (TPSA) is 110 Å². The minimum atomic E-state index is -0.613. The van der Waals surface area contributed by atoms with Gasteiger partial charge in [0, 0.05) is 30.8 Å². The Kier molecular flexibility index (Phi) is 3.15. The lowest BCUT2D eigenvalue weighted by molar-refractivity contribution is -0.384. The van der Waals surface area contributed by atoms with E-state index in [0.717, 1.165) is 0 Å². The van der Waals surface area contributed by atoms with E-state index in [2.05, 4.69) is 0 Å². The van der Waals surface area contributed by atoms with Gasteiger partial charge in [0.05, 0.1) is 11.0 Å². The maximum atomic E-state index is 11.3. The molecule has 1 aromatic carbocycles. The van der Waals surface area contributed by atoms with Crippen LogP contribution in [0.1, 0.15) is 6.42 Å². The molecule has 18 heavy (non-hydrogen) atoms. The summed E-state index contributed by atoms with van der Waals surface area (Å²) in [6.45, 7) is 0.297. The Balaban J connectivity index is 2.24. The number of carbonyl (C=O) groups is 1. The molecule has 1 amide bonds. The van der Waals surface area contributed by atoms with Crippen LogP contribution >= 0.6 is 0 Å². The van der Waals surface area contributed by atoms with Crippen LogP contribution in [-0.4, -0.2) is 34.6 Å². The third-order valence-corrected chi connectivity index (χ3v) is 3.00. The summed E-state index contributed by atoms with van der Waals surface area (Å²) in [6, 6.07) is 5.25. The van der Waals surface area contributed by atoms with Gasteiger partial charge >= 0.3 is 0 Å². The second-order valence-corrected chi connectivity index (χ2v) is 4.23. The Morgan fingerprint density at radius 1 is 1.44 bits per heavy atom. The Morgan fingerprint density at radius 3 is 2.56 bits per heavy atom. The number of nitrogens with zero attached hydrogens (tertiary/aromatic N) is 2. The number of rotatable bonds is 3. The van der Waals surface area contributed by atoms with E-state index in [4.69, 9.17) is 5.73 Å². The summed E-state index contributed by atoms with van der Waals surface area (Å²) in [6.07, 6.45) is -0.329. The van der Waals surface area contributed by atoms with Gasteiger partial charge < -0.3 is 15.7 Å². The Hall–Kier alpha value is -2.15. The highest BCUT2D eigenvalue weighted by atomic mass is 16.6. The predicted octanol–water partition coefficient (Wildman–Crippen LogP) is 0.0197. The van der Waals surface area contributed by atoms with E-state index in [1.165, 1.54) is 12.1 Å². The van der Waals surface area contributed by atoms with Crippen molar-refractivity contribution in [1.29, 1.82) is 0 Å². The molecule has 7 heteroatoms. The van der Waals surface area contributed by atoms with E-state index in [0.29, 0.717) is 12.2 Å². The van der Waals surface area contributed by atoms with Crippen molar-refractivity contribution in [2.75, 3.05) is 11.4 Å². The van der Waals surface area contributed by atoms with Crippen molar-refractivity contribution in [2.24, 2.45) is 5.73 Å². The number of nitro benzene ring substituents is 1. The number of primary amides is 1.